The number of nitrogens with one attached hydrogen (secondary N) is 2. The van der Waals surface area contributed by atoms with Crippen LogP contribution in [0.5, 0.6) is 0 Å². The van der Waals surface area contributed by atoms with E-state index < -0.39 is 0 Å². The van der Waals surface area contributed by atoms with Gasteiger partial charge in [-0.25, -0.2) is 0 Å². The second-order valence-electron chi connectivity index (χ2n) is 3.40. The normalized spacial score (nSPS) is 9.76. The van der Waals surface area contributed by atoms with E-state index in [9.17, 15) is 4.79 Å². The standard InChI is InChI=1S/C11H14BrN3OS/c1-14-10(16)4-5-15-9-3-2-7(12)6-8(9)11(13)17/h2-3,6,15H,4-5H2,1H3,(H2,13,17)(H,14,16). The predicted molar refractivity (Wildman–Crippen MR) is 77.2 cm³/mol. The van der Waals surface area contributed by atoms with E-state index in [4.69, 9.17) is 18.0 Å². The van der Waals surface area contributed by atoms with Crippen molar-refractivity contribution in [2.45, 2.75) is 6.42 Å². The molecule has 0 unspecified atom stereocenters. The van der Waals surface area contributed by atoms with Gasteiger partial charge in [-0.2, -0.15) is 0 Å². The summed E-state index contributed by atoms with van der Waals surface area (Å²) in [4.78, 5) is 11.4. The molecule has 1 rings (SSSR count). The number of amides is 1. The molecule has 0 radical (unpaired) electrons. The van der Waals surface area contributed by atoms with Crippen LogP contribution in [0.4, 0.5) is 5.69 Å². The van der Waals surface area contributed by atoms with Gasteiger partial charge in [-0.15, -0.1) is 0 Å². The molecule has 0 aliphatic heterocycles. The Kier molecular flexibility index (Phi) is 5.37. The van der Waals surface area contributed by atoms with Gasteiger partial charge in [0.25, 0.3) is 0 Å². The average molecular weight is 316 g/mol. The van der Waals surface area contributed by atoms with E-state index in [1.165, 1.54) is 0 Å². The largest absolute Gasteiger partial charge is 0.389 e. The minimum atomic E-state index is -0.00788. The van der Waals surface area contributed by atoms with Gasteiger partial charge in [0.15, 0.2) is 0 Å². The van der Waals surface area contributed by atoms with E-state index >= 15 is 0 Å². The van der Waals surface area contributed by atoms with Gasteiger partial charge in [-0.3, -0.25) is 4.79 Å². The summed E-state index contributed by atoms with van der Waals surface area (Å²) < 4.78 is 0.914. The zero-order valence-corrected chi connectivity index (χ0v) is 11.8. The molecule has 0 saturated heterocycles. The van der Waals surface area contributed by atoms with Gasteiger partial charge in [0.2, 0.25) is 5.91 Å². The molecule has 0 saturated carbocycles. The van der Waals surface area contributed by atoms with Gasteiger partial charge >= 0.3 is 0 Å². The van der Waals surface area contributed by atoms with E-state index in [0.717, 1.165) is 15.7 Å². The van der Waals surface area contributed by atoms with E-state index in [0.29, 0.717) is 18.0 Å². The maximum atomic E-state index is 11.1. The molecule has 4 nitrogen and oxygen atoms in total. The number of carbonyl (C=O) groups is 1. The summed E-state index contributed by atoms with van der Waals surface area (Å²) in [7, 11) is 1.61. The second-order valence-corrected chi connectivity index (χ2v) is 4.76. The van der Waals surface area contributed by atoms with Gasteiger partial charge in [-0.05, 0) is 18.2 Å². The fourth-order valence-corrected chi connectivity index (χ4v) is 1.84. The first-order chi connectivity index (χ1) is 8.04. The number of benzene rings is 1. The molecule has 0 heterocycles. The lowest BCUT2D eigenvalue weighted by Gasteiger charge is -2.11. The van der Waals surface area contributed by atoms with Crippen molar-refractivity contribution < 1.29 is 4.79 Å². The average Bonchev–Trinajstić information content (AvgIpc) is 2.30. The quantitative estimate of drug-likeness (QED) is 0.723. The van der Waals surface area contributed by atoms with Crippen LogP contribution in [-0.2, 0) is 4.79 Å². The highest BCUT2D eigenvalue weighted by atomic mass is 79.9. The van der Waals surface area contributed by atoms with Crippen molar-refractivity contribution in [3.05, 3.63) is 28.2 Å². The number of hydrogen-bond donors (Lipinski definition) is 3. The fourth-order valence-electron chi connectivity index (χ4n) is 1.31. The van der Waals surface area contributed by atoms with Crippen LogP contribution in [0.2, 0.25) is 0 Å². The number of thiocarbonyl (C=S) groups is 1. The van der Waals surface area contributed by atoms with E-state index in [2.05, 4.69) is 26.6 Å². The first-order valence-electron chi connectivity index (χ1n) is 5.08. The van der Waals surface area contributed by atoms with Crippen molar-refractivity contribution in [2.24, 2.45) is 5.73 Å². The van der Waals surface area contributed by atoms with Crippen molar-refractivity contribution in [1.29, 1.82) is 0 Å². The molecule has 4 N–H and O–H groups in total. The number of rotatable bonds is 5. The Bertz CT molecular complexity index is 437. The Morgan fingerprint density at radius 1 is 1.53 bits per heavy atom. The van der Waals surface area contributed by atoms with E-state index in [1.54, 1.807) is 7.05 Å². The van der Waals surface area contributed by atoms with Gasteiger partial charge in [0.1, 0.15) is 4.99 Å². The smallest absolute Gasteiger partial charge is 0.221 e. The van der Waals surface area contributed by atoms with Gasteiger partial charge < -0.3 is 16.4 Å². The molecule has 0 aromatic heterocycles. The molecular weight excluding hydrogens is 302 g/mol. The summed E-state index contributed by atoms with van der Waals surface area (Å²) in [6.07, 6.45) is 0.406. The van der Waals surface area contributed by atoms with Crippen LogP contribution in [0.15, 0.2) is 22.7 Å². The third kappa shape index (κ3) is 4.32. The molecule has 6 heteroatoms. The predicted octanol–water partition coefficient (Wildman–Crippen LogP) is 1.63. The topological polar surface area (TPSA) is 67.2 Å². The molecule has 0 atom stereocenters. The number of carbonyl (C=O) groups excluding carboxylic acids is 1. The highest BCUT2D eigenvalue weighted by Crippen LogP contribution is 2.20. The van der Waals surface area contributed by atoms with Crippen molar-refractivity contribution in [2.75, 3.05) is 18.9 Å². The Balaban J connectivity index is 2.70. The monoisotopic (exact) mass is 315 g/mol. The van der Waals surface area contributed by atoms with Gasteiger partial charge in [0.05, 0.1) is 0 Å². The molecule has 92 valence electrons. The molecule has 17 heavy (non-hydrogen) atoms. The van der Waals surface area contributed by atoms with Crippen molar-refractivity contribution >= 4 is 44.7 Å². The number of nitrogens with two attached hydrogens (primary N) is 1. The van der Waals surface area contributed by atoms with Crippen LogP contribution >= 0.6 is 28.1 Å². The molecule has 0 aliphatic carbocycles. The minimum absolute atomic E-state index is 0.00788. The molecule has 0 spiro atoms. The second kappa shape index (κ2) is 6.56. The van der Waals surface area contributed by atoms with Crippen LogP contribution < -0.4 is 16.4 Å². The third-order valence-corrected chi connectivity index (χ3v) is 2.91. The van der Waals surface area contributed by atoms with Crippen molar-refractivity contribution in [3.8, 4) is 0 Å². The highest BCUT2D eigenvalue weighted by Gasteiger charge is 2.06. The summed E-state index contributed by atoms with van der Waals surface area (Å²) in [5.74, 6) is -0.00788. The van der Waals surface area contributed by atoms with Crippen molar-refractivity contribution in [1.82, 2.24) is 5.32 Å². The zero-order chi connectivity index (χ0) is 12.8. The first kappa shape index (κ1) is 13.9. The molecular formula is C11H14BrN3OS. The number of hydrogen-bond acceptors (Lipinski definition) is 3. The summed E-state index contributed by atoms with van der Waals surface area (Å²) in [5, 5.41) is 5.70. The Labute approximate surface area is 114 Å². The van der Waals surface area contributed by atoms with E-state index in [1.807, 2.05) is 18.2 Å². The lowest BCUT2D eigenvalue weighted by molar-refractivity contribution is -0.120. The van der Waals surface area contributed by atoms with Crippen LogP contribution in [0.3, 0.4) is 0 Å². The number of halogens is 1. The summed E-state index contributed by atoms with van der Waals surface area (Å²) >= 11 is 8.33. The maximum Gasteiger partial charge on any atom is 0.221 e. The summed E-state index contributed by atoms with van der Waals surface area (Å²) in [6.45, 7) is 0.539. The van der Waals surface area contributed by atoms with Gasteiger partial charge in [0, 0.05) is 35.7 Å². The first-order valence-corrected chi connectivity index (χ1v) is 6.28. The molecule has 0 fully saturated rings. The lowest BCUT2D eigenvalue weighted by Crippen LogP contribution is -2.21. The molecule has 0 aliphatic rings. The lowest BCUT2D eigenvalue weighted by atomic mass is 10.1. The molecule has 1 aromatic carbocycles. The number of anilines is 1. The van der Waals surface area contributed by atoms with Crippen molar-refractivity contribution in [3.63, 3.8) is 0 Å². The minimum Gasteiger partial charge on any atom is -0.389 e. The van der Waals surface area contributed by atoms with Crippen LogP contribution in [0.25, 0.3) is 0 Å². The Hall–Kier alpha value is -1.14. The SMILES string of the molecule is CNC(=O)CCNc1ccc(Br)cc1C(N)=S. The van der Waals surface area contributed by atoms with Crippen LogP contribution in [0.1, 0.15) is 12.0 Å². The van der Waals surface area contributed by atoms with Gasteiger partial charge in [-0.1, -0.05) is 28.1 Å². The summed E-state index contributed by atoms with van der Waals surface area (Å²) in [5.41, 5.74) is 7.24. The Morgan fingerprint density at radius 3 is 2.82 bits per heavy atom. The molecule has 0 bridgehead atoms. The van der Waals surface area contributed by atoms with Crippen LogP contribution in [0, 0.1) is 0 Å². The van der Waals surface area contributed by atoms with E-state index in [-0.39, 0.29) is 5.91 Å². The summed E-state index contributed by atoms with van der Waals surface area (Å²) in [6, 6.07) is 5.62. The molecule has 1 aromatic rings. The molecule has 1 amide bonds. The highest BCUT2D eigenvalue weighted by molar-refractivity contribution is 9.10. The van der Waals surface area contributed by atoms with Crippen LogP contribution in [-0.4, -0.2) is 24.5 Å². The zero-order valence-electron chi connectivity index (χ0n) is 9.42. The third-order valence-electron chi connectivity index (χ3n) is 2.19. The Morgan fingerprint density at radius 2 is 2.24 bits per heavy atom. The maximum absolute atomic E-state index is 11.1. The fraction of sp³-hybridized carbons (Fsp3) is 0.273.